The highest BCUT2D eigenvalue weighted by Gasteiger charge is 2.27. The zero-order chi connectivity index (χ0) is 16.4. The van der Waals surface area contributed by atoms with E-state index in [-0.39, 0.29) is 17.8 Å². The van der Waals surface area contributed by atoms with Crippen molar-refractivity contribution in [3.8, 4) is 10.6 Å². The van der Waals surface area contributed by atoms with E-state index in [1.165, 1.54) is 17.4 Å². The Bertz CT molecular complexity index is 701. The number of nitrogens with zero attached hydrogens (tertiary/aromatic N) is 2. The summed E-state index contributed by atoms with van der Waals surface area (Å²) in [6.45, 7) is 3.42. The van der Waals surface area contributed by atoms with Crippen LogP contribution in [0, 0.1) is 11.7 Å². The molecule has 6 heteroatoms. The number of hydrogen-bond donors (Lipinski definition) is 1. The molecule has 0 aliphatic carbocycles. The van der Waals surface area contributed by atoms with Crippen LogP contribution in [0.4, 0.5) is 4.39 Å². The van der Waals surface area contributed by atoms with Crippen molar-refractivity contribution in [2.24, 2.45) is 11.7 Å². The molecule has 2 heterocycles. The third kappa shape index (κ3) is 3.43. The summed E-state index contributed by atoms with van der Waals surface area (Å²) in [5, 5.41) is 0.534. The summed E-state index contributed by atoms with van der Waals surface area (Å²) in [5.74, 6) is -0.0158. The van der Waals surface area contributed by atoms with Gasteiger partial charge in [0.05, 0.1) is 6.20 Å². The molecule has 122 valence electrons. The maximum Gasteiger partial charge on any atom is 0.265 e. The zero-order valence-corrected chi connectivity index (χ0v) is 13.9. The Morgan fingerprint density at radius 1 is 1.48 bits per heavy atom. The molecule has 2 N–H and O–H groups in total. The average Bonchev–Trinajstić information content (AvgIpc) is 3.04. The molecule has 0 unspecified atom stereocenters. The van der Waals surface area contributed by atoms with Crippen LogP contribution in [-0.2, 0) is 0 Å². The van der Waals surface area contributed by atoms with Crippen LogP contribution in [0.2, 0.25) is 0 Å². The van der Waals surface area contributed by atoms with E-state index in [4.69, 9.17) is 5.73 Å². The van der Waals surface area contributed by atoms with Gasteiger partial charge in [0, 0.05) is 24.7 Å². The van der Waals surface area contributed by atoms with E-state index in [2.05, 4.69) is 4.98 Å². The lowest BCUT2D eigenvalue weighted by Crippen LogP contribution is -2.44. The lowest BCUT2D eigenvalue weighted by molar-refractivity contribution is 0.0665. The highest BCUT2D eigenvalue weighted by atomic mass is 32.1. The van der Waals surface area contributed by atoms with Crippen molar-refractivity contribution in [1.29, 1.82) is 0 Å². The fraction of sp³-hybridized carbons (Fsp3) is 0.412. The molecule has 2 aromatic rings. The minimum absolute atomic E-state index is 0.0320. The molecule has 3 rings (SSSR count). The molecule has 0 bridgehead atoms. The quantitative estimate of drug-likeness (QED) is 0.939. The van der Waals surface area contributed by atoms with E-state index in [1.807, 2.05) is 11.8 Å². The van der Waals surface area contributed by atoms with Crippen LogP contribution < -0.4 is 5.73 Å². The molecule has 1 saturated heterocycles. The fourth-order valence-corrected chi connectivity index (χ4v) is 3.82. The van der Waals surface area contributed by atoms with Crippen molar-refractivity contribution in [2.75, 3.05) is 13.1 Å². The predicted molar refractivity (Wildman–Crippen MR) is 89.8 cm³/mol. The van der Waals surface area contributed by atoms with Gasteiger partial charge in [0.25, 0.3) is 5.91 Å². The molecular weight excluding hydrogens is 313 g/mol. The second-order valence-corrected chi connectivity index (χ2v) is 7.05. The van der Waals surface area contributed by atoms with E-state index in [1.54, 1.807) is 24.4 Å². The second-order valence-electron chi connectivity index (χ2n) is 6.02. The van der Waals surface area contributed by atoms with Gasteiger partial charge in [-0.15, -0.1) is 11.3 Å². The van der Waals surface area contributed by atoms with Crippen molar-refractivity contribution in [3.63, 3.8) is 0 Å². The molecule has 1 aromatic heterocycles. The second kappa shape index (κ2) is 6.76. The Hall–Kier alpha value is -1.79. The number of halogens is 1. The number of benzene rings is 1. The van der Waals surface area contributed by atoms with Gasteiger partial charge in [-0.25, -0.2) is 9.37 Å². The van der Waals surface area contributed by atoms with Crippen LogP contribution in [0.25, 0.3) is 10.6 Å². The molecule has 1 aliphatic heterocycles. The first-order chi connectivity index (χ1) is 11.1. The molecule has 0 radical (unpaired) electrons. The lowest BCUT2D eigenvalue weighted by Gasteiger charge is -2.34. The Kier molecular flexibility index (Phi) is 4.73. The summed E-state index contributed by atoms with van der Waals surface area (Å²) >= 11 is 1.24. The third-order valence-electron chi connectivity index (χ3n) is 4.31. The molecule has 2 atom stereocenters. The van der Waals surface area contributed by atoms with Gasteiger partial charge in [-0.3, -0.25) is 4.79 Å². The summed E-state index contributed by atoms with van der Waals surface area (Å²) in [4.78, 5) is 19.3. The summed E-state index contributed by atoms with van der Waals surface area (Å²) in [5.41, 5.74) is 6.41. The van der Waals surface area contributed by atoms with Gasteiger partial charge in [0.15, 0.2) is 0 Å². The van der Waals surface area contributed by atoms with Gasteiger partial charge >= 0.3 is 0 Å². The number of carbonyl (C=O) groups is 1. The van der Waals surface area contributed by atoms with Crippen molar-refractivity contribution >= 4 is 17.2 Å². The lowest BCUT2D eigenvalue weighted by atomic mass is 9.92. The first-order valence-electron chi connectivity index (χ1n) is 7.82. The number of rotatable bonds is 3. The highest BCUT2D eigenvalue weighted by molar-refractivity contribution is 7.16. The number of likely N-dealkylation sites (tertiary alicyclic amines) is 1. The van der Waals surface area contributed by atoms with Crippen LogP contribution >= 0.6 is 11.3 Å². The maximum atomic E-state index is 13.8. The number of aromatic nitrogens is 1. The smallest absolute Gasteiger partial charge is 0.265 e. The van der Waals surface area contributed by atoms with E-state index >= 15 is 0 Å². The predicted octanol–water partition coefficient (Wildman–Crippen LogP) is 3.15. The Morgan fingerprint density at radius 2 is 2.26 bits per heavy atom. The average molecular weight is 333 g/mol. The Labute approximate surface area is 139 Å². The van der Waals surface area contributed by atoms with Crippen molar-refractivity contribution in [1.82, 2.24) is 9.88 Å². The van der Waals surface area contributed by atoms with Crippen molar-refractivity contribution in [2.45, 2.75) is 25.8 Å². The number of amides is 1. The summed E-state index contributed by atoms with van der Waals surface area (Å²) in [6, 6.07) is 6.56. The molecule has 0 saturated carbocycles. The molecule has 1 aromatic carbocycles. The van der Waals surface area contributed by atoms with Gasteiger partial charge in [0.2, 0.25) is 0 Å². The largest absolute Gasteiger partial charge is 0.338 e. The normalized spacial score (nSPS) is 19.6. The van der Waals surface area contributed by atoms with Gasteiger partial charge in [0.1, 0.15) is 15.7 Å². The SMILES string of the molecule is C[C@H](N)[C@H]1CCCN(C(=O)c2cnc(-c3ccccc3F)s2)C1. The number of carbonyl (C=O) groups excluding carboxylic acids is 1. The molecule has 1 fully saturated rings. The maximum absolute atomic E-state index is 13.8. The Balaban J connectivity index is 1.78. The van der Waals surface area contributed by atoms with Crippen LogP contribution in [0.1, 0.15) is 29.4 Å². The number of hydrogen-bond acceptors (Lipinski definition) is 4. The molecular formula is C17H20FN3OS. The Morgan fingerprint density at radius 3 is 3.00 bits per heavy atom. The minimum atomic E-state index is -0.323. The number of thiazole rings is 1. The number of piperidine rings is 1. The van der Waals surface area contributed by atoms with Crippen LogP contribution in [0.15, 0.2) is 30.5 Å². The van der Waals surface area contributed by atoms with Crippen molar-refractivity contribution < 1.29 is 9.18 Å². The topological polar surface area (TPSA) is 59.2 Å². The van der Waals surface area contributed by atoms with E-state index in [0.717, 1.165) is 19.4 Å². The fourth-order valence-electron chi connectivity index (χ4n) is 2.91. The first kappa shape index (κ1) is 16.1. The van der Waals surface area contributed by atoms with Gasteiger partial charge in [-0.05, 0) is 37.8 Å². The van der Waals surface area contributed by atoms with Crippen LogP contribution in [0.5, 0.6) is 0 Å². The molecule has 1 amide bonds. The van der Waals surface area contributed by atoms with Gasteiger partial charge in [-0.2, -0.15) is 0 Å². The molecule has 0 spiro atoms. The van der Waals surface area contributed by atoms with Crippen LogP contribution in [-0.4, -0.2) is 34.9 Å². The third-order valence-corrected chi connectivity index (χ3v) is 5.33. The van der Waals surface area contributed by atoms with Crippen LogP contribution in [0.3, 0.4) is 0 Å². The number of nitrogens with two attached hydrogens (primary N) is 1. The van der Waals surface area contributed by atoms with E-state index < -0.39 is 0 Å². The summed E-state index contributed by atoms with van der Waals surface area (Å²) in [6.07, 6.45) is 3.58. The molecule has 1 aliphatic rings. The molecule has 23 heavy (non-hydrogen) atoms. The van der Waals surface area contributed by atoms with E-state index in [0.29, 0.717) is 27.9 Å². The molecule has 4 nitrogen and oxygen atoms in total. The summed E-state index contributed by atoms with van der Waals surface area (Å²) < 4.78 is 13.8. The summed E-state index contributed by atoms with van der Waals surface area (Å²) in [7, 11) is 0. The highest BCUT2D eigenvalue weighted by Crippen LogP contribution is 2.29. The monoisotopic (exact) mass is 333 g/mol. The minimum Gasteiger partial charge on any atom is -0.338 e. The van der Waals surface area contributed by atoms with E-state index in [9.17, 15) is 9.18 Å². The first-order valence-corrected chi connectivity index (χ1v) is 8.63. The van der Waals surface area contributed by atoms with Gasteiger partial charge in [-0.1, -0.05) is 12.1 Å². The zero-order valence-electron chi connectivity index (χ0n) is 13.0. The van der Waals surface area contributed by atoms with Gasteiger partial charge < -0.3 is 10.6 Å². The standard InChI is InChI=1S/C17H20FN3OS/c1-11(19)12-5-4-8-21(10-12)17(22)15-9-20-16(23-15)13-6-2-3-7-14(13)18/h2-3,6-7,9,11-12H,4-5,8,10,19H2,1H3/t11-,12-/m0/s1. The van der Waals surface area contributed by atoms with Crippen molar-refractivity contribution in [3.05, 3.63) is 41.2 Å².